The molecule has 0 aliphatic heterocycles. The molecule has 1 fully saturated rings. The first-order chi connectivity index (χ1) is 17.3. The normalized spacial score (nSPS) is 17.4. The third-order valence-electron chi connectivity index (χ3n) is 6.37. The number of nitrogens with zero attached hydrogens (tertiary/aromatic N) is 5. The minimum absolute atomic E-state index is 0.0882. The molecule has 4 N–H and O–H groups in total. The summed E-state index contributed by atoms with van der Waals surface area (Å²) in [6.45, 7) is 1.54. The van der Waals surface area contributed by atoms with Gasteiger partial charge in [-0.05, 0) is 44.7 Å². The van der Waals surface area contributed by atoms with Crippen molar-refractivity contribution in [1.82, 2.24) is 24.4 Å². The maximum absolute atomic E-state index is 12.5. The van der Waals surface area contributed by atoms with Gasteiger partial charge in [-0.3, -0.25) is 4.79 Å². The summed E-state index contributed by atoms with van der Waals surface area (Å²) in [6.07, 6.45) is 7.63. The Balaban J connectivity index is 0.000000709. The van der Waals surface area contributed by atoms with E-state index >= 15 is 0 Å². The van der Waals surface area contributed by atoms with Gasteiger partial charge in [0.1, 0.15) is 5.82 Å². The number of hydrogen-bond donors (Lipinski definition) is 3. The fraction of sp³-hybridized carbons (Fsp3) is 0.320. The van der Waals surface area contributed by atoms with Crippen LogP contribution in [0.4, 0.5) is 10.6 Å². The molecule has 36 heavy (non-hydrogen) atoms. The number of carbonyl (C=O) groups excluding carboxylic acids is 1. The summed E-state index contributed by atoms with van der Waals surface area (Å²) in [5.74, 6) is 0.421. The van der Waals surface area contributed by atoms with E-state index < -0.39 is 6.16 Å². The van der Waals surface area contributed by atoms with E-state index in [0.717, 1.165) is 48.2 Å². The predicted octanol–water partition coefficient (Wildman–Crippen LogP) is 4.26. The summed E-state index contributed by atoms with van der Waals surface area (Å²) < 4.78 is 8.90. The highest BCUT2D eigenvalue weighted by Crippen LogP contribution is 2.37. The Labute approximate surface area is 207 Å². The maximum atomic E-state index is 12.5. The van der Waals surface area contributed by atoms with Crippen molar-refractivity contribution in [2.75, 3.05) is 12.8 Å². The van der Waals surface area contributed by atoms with E-state index in [4.69, 9.17) is 30.5 Å². The third kappa shape index (κ3) is 5.05. The lowest BCUT2D eigenvalue weighted by Gasteiger charge is -2.28. The van der Waals surface area contributed by atoms with Gasteiger partial charge in [0.15, 0.2) is 11.4 Å². The zero-order valence-electron chi connectivity index (χ0n) is 20.0. The monoisotopic (exact) mass is 492 g/mol. The number of fused-ring (bicyclic) bond motifs is 1. The van der Waals surface area contributed by atoms with Gasteiger partial charge in [-0.2, -0.15) is 14.7 Å². The van der Waals surface area contributed by atoms with Crippen molar-refractivity contribution in [3.05, 3.63) is 60.2 Å². The van der Waals surface area contributed by atoms with Crippen LogP contribution in [0.3, 0.4) is 0 Å². The molecular weight excluding hydrogens is 464 g/mol. The van der Waals surface area contributed by atoms with Crippen molar-refractivity contribution in [2.24, 2.45) is 0 Å². The number of rotatable bonds is 5. The van der Waals surface area contributed by atoms with Gasteiger partial charge in [-0.1, -0.05) is 18.2 Å². The average Bonchev–Trinajstić information content (AvgIpc) is 3.51. The second-order valence-corrected chi connectivity index (χ2v) is 8.61. The highest BCUT2D eigenvalue weighted by molar-refractivity contribution is 6.00. The van der Waals surface area contributed by atoms with Gasteiger partial charge >= 0.3 is 6.16 Å². The molecule has 11 nitrogen and oxygen atoms in total. The maximum Gasteiger partial charge on any atom is 0.503 e. The van der Waals surface area contributed by atoms with Crippen LogP contribution in [-0.4, -0.2) is 59.7 Å². The Morgan fingerprint density at radius 1 is 1.06 bits per heavy atom. The molecule has 0 atom stereocenters. The number of para-hydroxylation sites is 1. The van der Waals surface area contributed by atoms with Crippen molar-refractivity contribution in [2.45, 2.75) is 44.6 Å². The summed E-state index contributed by atoms with van der Waals surface area (Å²) in [5, 5.41) is 22.9. The van der Waals surface area contributed by atoms with E-state index in [1.165, 1.54) is 6.92 Å². The smallest absolute Gasteiger partial charge is 0.450 e. The van der Waals surface area contributed by atoms with Crippen LogP contribution in [0.25, 0.3) is 22.5 Å². The van der Waals surface area contributed by atoms with Gasteiger partial charge < -0.3 is 20.7 Å². The Hall–Kier alpha value is -4.25. The van der Waals surface area contributed by atoms with Crippen LogP contribution in [-0.2, 0) is 4.74 Å². The number of aromatic nitrogens is 5. The summed E-state index contributed by atoms with van der Waals surface area (Å²) >= 11 is 0. The Bertz CT molecular complexity index is 1370. The fourth-order valence-corrected chi connectivity index (χ4v) is 4.65. The van der Waals surface area contributed by atoms with E-state index in [0.29, 0.717) is 17.0 Å². The van der Waals surface area contributed by atoms with Crippen molar-refractivity contribution in [3.63, 3.8) is 0 Å². The average molecular weight is 493 g/mol. The zero-order valence-corrected chi connectivity index (χ0v) is 20.0. The van der Waals surface area contributed by atoms with Gasteiger partial charge in [0.05, 0.1) is 35.4 Å². The molecule has 0 bridgehead atoms. The molecule has 4 aromatic rings. The number of benzene rings is 1. The molecule has 1 aromatic carbocycles. The summed E-state index contributed by atoms with van der Waals surface area (Å²) in [4.78, 5) is 26.1. The highest BCUT2D eigenvalue weighted by atomic mass is 16.6. The molecule has 188 valence electrons. The molecule has 11 heteroatoms. The lowest BCUT2D eigenvalue weighted by Crippen LogP contribution is -2.22. The van der Waals surface area contributed by atoms with Crippen LogP contribution >= 0.6 is 0 Å². The number of nitrogen functional groups attached to an aromatic ring is 1. The number of Topliss-reactive ketones (excluding diaryl/α,β-unsaturated/α-hetero) is 1. The molecule has 3 heterocycles. The topological polar surface area (TPSA) is 158 Å². The van der Waals surface area contributed by atoms with Gasteiger partial charge in [-0.25, -0.2) is 14.5 Å². The number of ether oxygens (including phenoxy) is 1. The second kappa shape index (κ2) is 10.6. The molecule has 0 radical (unpaired) electrons. The number of anilines is 1. The van der Waals surface area contributed by atoms with Crippen molar-refractivity contribution in [3.8, 4) is 16.8 Å². The van der Waals surface area contributed by atoms with Gasteiger partial charge in [0.2, 0.25) is 0 Å². The number of nitrogens with two attached hydrogens (primary N) is 1. The van der Waals surface area contributed by atoms with E-state index in [2.05, 4.69) is 10.2 Å². The Morgan fingerprint density at radius 2 is 1.72 bits per heavy atom. The van der Waals surface area contributed by atoms with E-state index in [9.17, 15) is 4.79 Å². The lowest BCUT2D eigenvalue weighted by atomic mass is 9.83. The van der Waals surface area contributed by atoms with Gasteiger partial charge in [-0.15, -0.1) is 0 Å². The fourth-order valence-electron chi connectivity index (χ4n) is 4.65. The minimum atomic E-state index is -1.83. The molecule has 1 aliphatic carbocycles. The highest BCUT2D eigenvalue weighted by Gasteiger charge is 2.29. The van der Waals surface area contributed by atoms with Crippen molar-refractivity contribution >= 4 is 23.4 Å². The second-order valence-electron chi connectivity index (χ2n) is 8.61. The number of carboxylic acid groups (broad SMARTS) is 2. The standard InChI is InChI=1S/C24H26N6O2.CH2O3/c1-15(31)21-22(16-8-10-19(32-2)11-9-16)28-24-20(13-27-30(24)23(21)25)17-12-26-29(14-17)18-6-4-3-5-7-18;2-1(3)4/h3-7,12-14,16,19H,8-11,25H2,1-2H3;(H2,2,3,4). The van der Waals surface area contributed by atoms with Crippen LogP contribution in [0.15, 0.2) is 48.9 Å². The largest absolute Gasteiger partial charge is 0.503 e. The van der Waals surface area contributed by atoms with Gasteiger partial charge in [0.25, 0.3) is 0 Å². The molecule has 0 spiro atoms. The summed E-state index contributed by atoms with van der Waals surface area (Å²) in [5.41, 5.74) is 11.1. The quantitative estimate of drug-likeness (QED) is 0.346. The Kier molecular flexibility index (Phi) is 7.30. The minimum Gasteiger partial charge on any atom is -0.450 e. The number of ketones is 1. The number of carbonyl (C=O) groups is 2. The predicted molar refractivity (Wildman–Crippen MR) is 133 cm³/mol. The zero-order chi connectivity index (χ0) is 25.8. The number of hydrogen-bond acceptors (Lipinski definition) is 7. The third-order valence-corrected chi connectivity index (χ3v) is 6.37. The van der Waals surface area contributed by atoms with Crippen molar-refractivity contribution in [1.29, 1.82) is 0 Å². The van der Waals surface area contributed by atoms with E-state index in [1.807, 2.05) is 41.2 Å². The first-order valence-electron chi connectivity index (χ1n) is 11.5. The Morgan fingerprint density at radius 3 is 2.33 bits per heavy atom. The van der Waals surface area contributed by atoms with Crippen LogP contribution in [0.1, 0.15) is 54.6 Å². The van der Waals surface area contributed by atoms with Crippen LogP contribution in [0, 0.1) is 0 Å². The molecule has 0 saturated heterocycles. The molecule has 5 rings (SSSR count). The SMILES string of the molecule is COC1CCC(c2nc3c(-c4cnn(-c5ccccc5)c4)cnn3c(N)c2C(C)=O)CC1.O=C(O)O. The van der Waals surface area contributed by atoms with E-state index in [-0.39, 0.29) is 17.8 Å². The first-order valence-corrected chi connectivity index (χ1v) is 11.5. The summed E-state index contributed by atoms with van der Waals surface area (Å²) in [6, 6.07) is 9.91. The summed E-state index contributed by atoms with van der Waals surface area (Å²) in [7, 11) is 1.75. The van der Waals surface area contributed by atoms with Crippen LogP contribution in [0.2, 0.25) is 0 Å². The molecule has 1 saturated carbocycles. The van der Waals surface area contributed by atoms with Gasteiger partial charge in [0, 0.05) is 30.4 Å². The molecule has 0 unspecified atom stereocenters. The van der Waals surface area contributed by atoms with Crippen LogP contribution in [0.5, 0.6) is 0 Å². The molecule has 3 aromatic heterocycles. The lowest BCUT2D eigenvalue weighted by molar-refractivity contribution is 0.0654. The van der Waals surface area contributed by atoms with E-state index in [1.54, 1.807) is 24.0 Å². The molecule has 0 amide bonds. The first kappa shape index (κ1) is 24.9. The van der Waals surface area contributed by atoms with Crippen molar-refractivity contribution < 1.29 is 24.5 Å². The number of methoxy groups -OCH3 is 1. The molecular formula is C25H28N6O5. The molecule has 1 aliphatic rings. The van der Waals surface area contributed by atoms with Crippen LogP contribution < -0.4 is 5.73 Å².